The van der Waals surface area contributed by atoms with E-state index in [1.165, 1.54) is 29.6 Å². The second-order valence-electron chi connectivity index (χ2n) is 7.50. The van der Waals surface area contributed by atoms with Crippen molar-refractivity contribution in [2.45, 2.75) is 33.6 Å². The van der Waals surface area contributed by atoms with Gasteiger partial charge in [0.1, 0.15) is 16.3 Å². The number of ether oxygens (including phenoxy) is 2. The van der Waals surface area contributed by atoms with Gasteiger partial charge in [-0.3, -0.25) is 4.79 Å². The molecular formula is C25H26BrNO4S. The van der Waals surface area contributed by atoms with E-state index >= 15 is 0 Å². The summed E-state index contributed by atoms with van der Waals surface area (Å²) in [5.41, 5.74) is 5.48. The van der Waals surface area contributed by atoms with E-state index in [-0.39, 0.29) is 12.5 Å². The molecule has 3 aromatic rings. The Morgan fingerprint density at radius 3 is 2.53 bits per heavy atom. The third kappa shape index (κ3) is 5.58. The predicted molar refractivity (Wildman–Crippen MR) is 133 cm³/mol. The molecule has 0 saturated carbocycles. The molecular weight excluding hydrogens is 490 g/mol. The number of halogens is 1. The molecule has 0 atom stereocenters. The van der Waals surface area contributed by atoms with E-state index in [0.717, 1.165) is 34.0 Å². The summed E-state index contributed by atoms with van der Waals surface area (Å²) in [5.74, 6) is -0.256. The molecule has 0 unspecified atom stereocenters. The average Bonchev–Trinajstić information content (AvgIpc) is 3.18. The molecule has 0 aliphatic carbocycles. The number of carbonyl (C=O) groups excluding carboxylic acids is 2. The first-order chi connectivity index (χ1) is 15.3. The van der Waals surface area contributed by atoms with Gasteiger partial charge in [-0.25, -0.2) is 4.79 Å². The number of esters is 1. The summed E-state index contributed by atoms with van der Waals surface area (Å²) in [4.78, 5) is 25.1. The lowest BCUT2D eigenvalue weighted by molar-refractivity contribution is -0.118. The number of nitrogens with one attached hydrogen (secondary N) is 1. The molecule has 0 fully saturated rings. The van der Waals surface area contributed by atoms with Gasteiger partial charge in [-0.15, -0.1) is 11.3 Å². The Morgan fingerprint density at radius 1 is 1.09 bits per heavy atom. The van der Waals surface area contributed by atoms with Crippen molar-refractivity contribution in [2.75, 3.05) is 19.0 Å². The van der Waals surface area contributed by atoms with Crippen molar-refractivity contribution in [1.82, 2.24) is 0 Å². The van der Waals surface area contributed by atoms with E-state index in [4.69, 9.17) is 9.47 Å². The van der Waals surface area contributed by atoms with Crippen molar-refractivity contribution in [1.29, 1.82) is 0 Å². The summed E-state index contributed by atoms with van der Waals surface area (Å²) < 4.78 is 11.5. The lowest BCUT2D eigenvalue weighted by atomic mass is 9.99. The third-order valence-corrected chi connectivity index (χ3v) is 6.66. The maximum absolute atomic E-state index is 12.6. The Balaban J connectivity index is 1.76. The molecule has 0 saturated heterocycles. The highest BCUT2D eigenvalue weighted by Crippen LogP contribution is 2.37. The third-order valence-electron chi connectivity index (χ3n) is 5.15. The summed E-state index contributed by atoms with van der Waals surface area (Å²) >= 11 is 4.79. The zero-order valence-electron chi connectivity index (χ0n) is 18.6. The van der Waals surface area contributed by atoms with Crippen LogP contribution in [0.2, 0.25) is 0 Å². The summed E-state index contributed by atoms with van der Waals surface area (Å²) in [6, 6.07) is 11.8. The summed E-state index contributed by atoms with van der Waals surface area (Å²) in [6.07, 6.45) is 2.04. The topological polar surface area (TPSA) is 64.6 Å². The normalized spacial score (nSPS) is 10.7. The molecule has 0 spiro atoms. The Morgan fingerprint density at radius 2 is 1.88 bits per heavy atom. The molecule has 0 aliphatic heterocycles. The van der Waals surface area contributed by atoms with Crippen LogP contribution in [0.1, 0.15) is 40.4 Å². The highest BCUT2D eigenvalue weighted by atomic mass is 79.9. The SMILES string of the molecule is CCCc1ccc(OCC(=O)Nc2scc(-c3ccc(C)c(C)c3)c2C(=O)OC)c(Br)c1. The van der Waals surface area contributed by atoms with Gasteiger partial charge in [0.05, 0.1) is 11.6 Å². The first-order valence-electron chi connectivity index (χ1n) is 10.3. The molecule has 1 aromatic heterocycles. The molecule has 2 aromatic carbocycles. The Labute approximate surface area is 200 Å². The number of amides is 1. The smallest absolute Gasteiger partial charge is 0.341 e. The fraction of sp³-hybridized carbons (Fsp3) is 0.280. The van der Waals surface area contributed by atoms with Crippen LogP contribution < -0.4 is 10.1 Å². The van der Waals surface area contributed by atoms with Gasteiger partial charge in [-0.2, -0.15) is 0 Å². The molecule has 1 amide bonds. The number of hydrogen-bond donors (Lipinski definition) is 1. The predicted octanol–water partition coefficient (Wildman–Crippen LogP) is 6.55. The summed E-state index contributed by atoms with van der Waals surface area (Å²) in [7, 11) is 1.33. The van der Waals surface area contributed by atoms with Crippen LogP contribution in [0.15, 0.2) is 46.3 Å². The average molecular weight is 516 g/mol. The zero-order valence-corrected chi connectivity index (χ0v) is 21.0. The lowest BCUT2D eigenvalue weighted by Crippen LogP contribution is -2.21. The number of thiophene rings is 1. The number of hydrogen-bond acceptors (Lipinski definition) is 5. The second kappa shape index (κ2) is 10.8. The first kappa shape index (κ1) is 24.0. The Hall–Kier alpha value is -2.64. The van der Waals surface area contributed by atoms with Gasteiger partial charge < -0.3 is 14.8 Å². The first-order valence-corrected chi connectivity index (χ1v) is 12.0. The van der Waals surface area contributed by atoms with Crippen LogP contribution >= 0.6 is 27.3 Å². The molecule has 0 bridgehead atoms. The van der Waals surface area contributed by atoms with Gasteiger partial charge >= 0.3 is 5.97 Å². The maximum Gasteiger partial charge on any atom is 0.341 e. The highest BCUT2D eigenvalue weighted by molar-refractivity contribution is 9.10. The highest BCUT2D eigenvalue weighted by Gasteiger charge is 2.22. The van der Waals surface area contributed by atoms with E-state index in [0.29, 0.717) is 16.3 Å². The fourth-order valence-corrected chi connectivity index (χ4v) is 4.80. The Bertz CT molecular complexity index is 1140. The van der Waals surface area contributed by atoms with Crippen LogP contribution in [0.5, 0.6) is 5.75 Å². The molecule has 5 nitrogen and oxygen atoms in total. The minimum Gasteiger partial charge on any atom is -0.483 e. The van der Waals surface area contributed by atoms with Gasteiger partial charge in [0.2, 0.25) is 0 Å². The molecule has 1 heterocycles. The molecule has 3 rings (SSSR count). The Kier molecular flexibility index (Phi) is 8.10. The number of carbonyl (C=O) groups is 2. The van der Waals surface area contributed by atoms with E-state index < -0.39 is 5.97 Å². The monoisotopic (exact) mass is 515 g/mol. The maximum atomic E-state index is 12.6. The van der Waals surface area contributed by atoms with E-state index in [1.807, 2.05) is 55.6 Å². The van der Waals surface area contributed by atoms with Crippen molar-refractivity contribution in [3.8, 4) is 16.9 Å². The summed E-state index contributed by atoms with van der Waals surface area (Å²) in [5, 5.41) is 5.10. The van der Waals surface area contributed by atoms with Crippen LogP contribution in [0.25, 0.3) is 11.1 Å². The number of methoxy groups -OCH3 is 1. The molecule has 1 N–H and O–H groups in total. The van der Waals surface area contributed by atoms with E-state index in [1.54, 1.807) is 0 Å². The zero-order chi connectivity index (χ0) is 23.3. The van der Waals surface area contributed by atoms with Crippen LogP contribution in [0, 0.1) is 13.8 Å². The number of aryl methyl sites for hydroxylation is 3. The number of rotatable bonds is 8. The van der Waals surface area contributed by atoms with E-state index in [2.05, 4.69) is 28.2 Å². The van der Waals surface area contributed by atoms with Crippen molar-refractivity contribution in [3.05, 3.63) is 68.5 Å². The van der Waals surface area contributed by atoms with Crippen LogP contribution in [-0.2, 0) is 16.0 Å². The molecule has 168 valence electrons. The standard InChI is InChI=1S/C25H26BrNO4S/c1-5-6-17-8-10-21(20(26)12-17)31-13-22(28)27-24-23(25(29)30-4)19(14-32-24)18-9-7-15(2)16(3)11-18/h7-12,14H,5-6,13H2,1-4H3,(H,27,28). The van der Waals surface area contributed by atoms with Crippen LogP contribution in [-0.4, -0.2) is 25.6 Å². The van der Waals surface area contributed by atoms with E-state index in [9.17, 15) is 9.59 Å². The van der Waals surface area contributed by atoms with Crippen molar-refractivity contribution in [2.24, 2.45) is 0 Å². The van der Waals surface area contributed by atoms with Gasteiger partial charge in [-0.05, 0) is 70.6 Å². The molecule has 32 heavy (non-hydrogen) atoms. The fourth-order valence-electron chi connectivity index (χ4n) is 3.29. The summed E-state index contributed by atoms with van der Waals surface area (Å²) in [6.45, 7) is 6.01. The number of benzene rings is 2. The van der Waals surface area contributed by atoms with Gasteiger partial charge in [-0.1, -0.05) is 37.6 Å². The molecule has 0 aliphatic rings. The van der Waals surface area contributed by atoms with Crippen LogP contribution in [0.3, 0.4) is 0 Å². The van der Waals surface area contributed by atoms with Gasteiger partial charge in [0.25, 0.3) is 5.91 Å². The molecule has 0 radical (unpaired) electrons. The minimum absolute atomic E-state index is 0.177. The van der Waals surface area contributed by atoms with Crippen LogP contribution in [0.4, 0.5) is 5.00 Å². The number of anilines is 1. The largest absolute Gasteiger partial charge is 0.483 e. The van der Waals surface area contributed by atoms with Crippen molar-refractivity contribution < 1.29 is 19.1 Å². The quantitative estimate of drug-likeness (QED) is 0.345. The van der Waals surface area contributed by atoms with Crippen molar-refractivity contribution in [3.63, 3.8) is 0 Å². The minimum atomic E-state index is -0.495. The van der Waals surface area contributed by atoms with Crippen molar-refractivity contribution >= 4 is 44.1 Å². The van der Waals surface area contributed by atoms with Gasteiger partial charge in [0.15, 0.2) is 6.61 Å². The van der Waals surface area contributed by atoms with Gasteiger partial charge in [0, 0.05) is 10.9 Å². The lowest BCUT2D eigenvalue weighted by Gasteiger charge is -2.11. The molecule has 7 heteroatoms. The second-order valence-corrected chi connectivity index (χ2v) is 9.23.